The van der Waals surface area contributed by atoms with Crippen LogP contribution in [0.15, 0.2) is 60.7 Å². The molecule has 0 atom stereocenters. The van der Waals surface area contributed by atoms with E-state index in [-0.39, 0.29) is 5.82 Å². The Kier molecular flexibility index (Phi) is 3.59. The van der Waals surface area contributed by atoms with Gasteiger partial charge >= 0.3 is 0 Å². The zero-order valence-electron chi connectivity index (χ0n) is 12.2. The number of benzene rings is 2. The predicted octanol–water partition coefficient (Wildman–Crippen LogP) is 4.18. The van der Waals surface area contributed by atoms with Crippen molar-refractivity contribution in [3.05, 3.63) is 71.8 Å². The standard InChI is InChI=1S/C19H15N3/c1-13-6-5-9-15(10-13)18-11-16(14-7-3-2-4-8-14)17(12-20)19(21)22-18/h2-11H,1H3,(H2,21,22). The number of nitriles is 1. The van der Waals surface area contributed by atoms with Crippen LogP contribution in [0.5, 0.6) is 0 Å². The molecule has 3 nitrogen and oxygen atoms in total. The first-order valence-electron chi connectivity index (χ1n) is 7.02. The maximum Gasteiger partial charge on any atom is 0.142 e. The van der Waals surface area contributed by atoms with Gasteiger partial charge in [0.25, 0.3) is 0 Å². The highest BCUT2D eigenvalue weighted by Crippen LogP contribution is 2.31. The van der Waals surface area contributed by atoms with Crippen molar-refractivity contribution < 1.29 is 0 Å². The lowest BCUT2D eigenvalue weighted by molar-refractivity contribution is 1.30. The van der Waals surface area contributed by atoms with Crippen LogP contribution in [-0.2, 0) is 0 Å². The van der Waals surface area contributed by atoms with Crippen molar-refractivity contribution >= 4 is 5.82 Å². The summed E-state index contributed by atoms with van der Waals surface area (Å²) >= 11 is 0. The number of hydrogen-bond donors (Lipinski definition) is 1. The molecule has 0 saturated heterocycles. The predicted molar refractivity (Wildman–Crippen MR) is 89.0 cm³/mol. The van der Waals surface area contributed by atoms with Crippen LogP contribution >= 0.6 is 0 Å². The minimum absolute atomic E-state index is 0.264. The number of rotatable bonds is 2. The van der Waals surface area contributed by atoms with Crippen molar-refractivity contribution in [1.82, 2.24) is 4.98 Å². The summed E-state index contributed by atoms with van der Waals surface area (Å²) in [5, 5.41) is 9.40. The van der Waals surface area contributed by atoms with Gasteiger partial charge in [0.2, 0.25) is 0 Å². The van der Waals surface area contributed by atoms with Crippen molar-refractivity contribution in [2.75, 3.05) is 5.73 Å². The lowest BCUT2D eigenvalue weighted by Gasteiger charge is -2.10. The van der Waals surface area contributed by atoms with Crippen molar-refractivity contribution in [3.8, 4) is 28.5 Å². The normalized spacial score (nSPS) is 10.2. The fourth-order valence-corrected chi connectivity index (χ4v) is 2.48. The Hall–Kier alpha value is -3.12. The first-order valence-corrected chi connectivity index (χ1v) is 7.02. The van der Waals surface area contributed by atoms with Gasteiger partial charge in [-0.25, -0.2) is 4.98 Å². The van der Waals surface area contributed by atoms with Gasteiger partial charge in [0.15, 0.2) is 0 Å². The third-order valence-electron chi connectivity index (χ3n) is 3.56. The topological polar surface area (TPSA) is 62.7 Å². The number of nitrogens with two attached hydrogens (primary N) is 1. The van der Waals surface area contributed by atoms with E-state index in [1.807, 2.05) is 61.5 Å². The Morgan fingerprint density at radius 1 is 0.955 bits per heavy atom. The molecule has 0 unspecified atom stereocenters. The van der Waals surface area contributed by atoms with Crippen LogP contribution in [0, 0.1) is 18.3 Å². The smallest absolute Gasteiger partial charge is 0.142 e. The number of aryl methyl sites for hydroxylation is 1. The average Bonchev–Trinajstić information content (AvgIpc) is 2.55. The van der Waals surface area contributed by atoms with E-state index in [1.165, 1.54) is 0 Å². The molecule has 1 aromatic heterocycles. The molecule has 0 saturated carbocycles. The Labute approximate surface area is 129 Å². The van der Waals surface area contributed by atoms with Gasteiger partial charge in [-0.3, -0.25) is 0 Å². The number of nitrogens with zero attached hydrogens (tertiary/aromatic N) is 2. The molecule has 0 aliphatic rings. The van der Waals surface area contributed by atoms with Crippen molar-refractivity contribution in [1.29, 1.82) is 5.26 Å². The van der Waals surface area contributed by atoms with E-state index in [0.29, 0.717) is 5.56 Å². The number of anilines is 1. The molecule has 22 heavy (non-hydrogen) atoms. The Balaban J connectivity index is 2.24. The van der Waals surface area contributed by atoms with E-state index in [9.17, 15) is 5.26 Å². The highest BCUT2D eigenvalue weighted by molar-refractivity contribution is 5.80. The Morgan fingerprint density at radius 2 is 1.68 bits per heavy atom. The average molecular weight is 285 g/mol. The third-order valence-corrected chi connectivity index (χ3v) is 3.56. The molecule has 2 aromatic carbocycles. The summed E-state index contributed by atoms with van der Waals surface area (Å²) in [6, 6.07) is 21.9. The lowest BCUT2D eigenvalue weighted by atomic mass is 9.98. The highest BCUT2D eigenvalue weighted by atomic mass is 14.8. The maximum atomic E-state index is 9.40. The summed E-state index contributed by atoms with van der Waals surface area (Å²) in [6.07, 6.45) is 0. The van der Waals surface area contributed by atoms with Crippen LogP contribution in [0.1, 0.15) is 11.1 Å². The Morgan fingerprint density at radius 3 is 2.36 bits per heavy atom. The van der Waals surface area contributed by atoms with E-state index >= 15 is 0 Å². The van der Waals surface area contributed by atoms with Gasteiger partial charge in [-0.15, -0.1) is 0 Å². The summed E-state index contributed by atoms with van der Waals surface area (Å²) in [5.41, 5.74) is 11.1. The summed E-state index contributed by atoms with van der Waals surface area (Å²) in [5.74, 6) is 0.264. The molecule has 0 fully saturated rings. The van der Waals surface area contributed by atoms with E-state index in [2.05, 4.69) is 17.1 Å². The second-order valence-electron chi connectivity index (χ2n) is 5.16. The Bertz CT molecular complexity index is 862. The molecule has 3 rings (SSSR count). The van der Waals surface area contributed by atoms with Gasteiger partial charge in [0.1, 0.15) is 17.5 Å². The van der Waals surface area contributed by atoms with E-state index in [1.54, 1.807) is 0 Å². The molecule has 0 amide bonds. The van der Waals surface area contributed by atoms with Crippen LogP contribution in [0.25, 0.3) is 22.4 Å². The van der Waals surface area contributed by atoms with Gasteiger partial charge in [-0.05, 0) is 24.6 Å². The zero-order chi connectivity index (χ0) is 15.5. The van der Waals surface area contributed by atoms with Crippen LogP contribution in [0.2, 0.25) is 0 Å². The van der Waals surface area contributed by atoms with Gasteiger partial charge in [0, 0.05) is 11.1 Å². The number of hydrogen-bond acceptors (Lipinski definition) is 3. The third kappa shape index (κ3) is 2.55. The molecular weight excluding hydrogens is 270 g/mol. The molecular formula is C19H15N3. The van der Waals surface area contributed by atoms with Gasteiger partial charge < -0.3 is 5.73 Å². The fraction of sp³-hybridized carbons (Fsp3) is 0.0526. The monoisotopic (exact) mass is 285 g/mol. The quantitative estimate of drug-likeness (QED) is 0.768. The molecule has 0 radical (unpaired) electrons. The SMILES string of the molecule is Cc1cccc(-c2cc(-c3ccccc3)c(C#N)c(N)n2)c1. The first-order chi connectivity index (χ1) is 10.7. The second kappa shape index (κ2) is 5.71. The molecule has 1 heterocycles. The molecule has 2 N–H and O–H groups in total. The minimum Gasteiger partial charge on any atom is -0.383 e. The van der Waals surface area contributed by atoms with Crippen LogP contribution in [-0.4, -0.2) is 4.98 Å². The molecule has 3 heteroatoms. The minimum atomic E-state index is 0.264. The summed E-state index contributed by atoms with van der Waals surface area (Å²) in [6.45, 7) is 2.04. The molecule has 106 valence electrons. The first kappa shape index (κ1) is 13.8. The summed E-state index contributed by atoms with van der Waals surface area (Å²) in [4.78, 5) is 4.40. The number of pyridine rings is 1. The van der Waals surface area contributed by atoms with E-state index < -0.39 is 0 Å². The summed E-state index contributed by atoms with van der Waals surface area (Å²) in [7, 11) is 0. The van der Waals surface area contributed by atoms with Crippen molar-refractivity contribution in [2.45, 2.75) is 6.92 Å². The fourth-order valence-electron chi connectivity index (χ4n) is 2.48. The highest BCUT2D eigenvalue weighted by Gasteiger charge is 2.13. The molecule has 0 bridgehead atoms. The second-order valence-corrected chi connectivity index (χ2v) is 5.16. The van der Waals surface area contributed by atoms with Crippen LogP contribution in [0.3, 0.4) is 0 Å². The number of nitrogen functional groups attached to an aromatic ring is 1. The van der Waals surface area contributed by atoms with Crippen molar-refractivity contribution in [3.63, 3.8) is 0 Å². The van der Waals surface area contributed by atoms with Gasteiger partial charge in [0.05, 0.1) is 5.69 Å². The molecule has 0 aliphatic carbocycles. The molecule has 0 aliphatic heterocycles. The van der Waals surface area contributed by atoms with E-state index in [0.717, 1.165) is 27.9 Å². The summed E-state index contributed by atoms with van der Waals surface area (Å²) < 4.78 is 0. The molecule has 0 spiro atoms. The number of aromatic nitrogens is 1. The van der Waals surface area contributed by atoms with Crippen LogP contribution in [0.4, 0.5) is 5.82 Å². The van der Waals surface area contributed by atoms with Gasteiger partial charge in [-0.2, -0.15) is 5.26 Å². The van der Waals surface area contributed by atoms with Gasteiger partial charge in [-0.1, -0.05) is 54.1 Å². The lowest BCUT2D eigenvalue weighted by Crippen LogP contribution is -1.99. The molecule has 3 aromatic rings. The largest absolute Gasteiger partial charge is 0.383 e. The maximum absolute atomic E-state index is 9.40. The van der Waals surface area contributed by atoms with Crippen LogP contribution < -0.4 is 5.73 Å². The zero-order valence-corrected chi connectivity index (χ0v) is 12.2. The van der Waals surface area contributed by atoms with Crippen molar-refractivity contribution in [2.24, 2.45) is 0 Å². The van der Waals surface area contributed by atoms with E-state index in [4.69, 9.17) is 5.73 Å².